The highest BCUT2D eigenvalue weighted by Crippen LogP contribution is 2.27. The van der Waals surface area contributed by atoms with E-state index in [1.54, 1.807) is 36.6 Å². The SMILES string of the molecule is CNC(=O)C1CCN(C(=O)c2cc(-c3cccnc3)nc3c2cnn3Cc2ccco2)CC1. The molecule has 0 aromatic carbocycles. The lowest BCUT2D eigenvalue weighted by Gasteiger charge is -2.31. The van der Waals surface area contributed by atoms with Gasteiger partial charge in [0.1, 0.15) is 12.3 Å². The quantitative estimate of drug-likeness (QED) is 0.507. The number of fused-ring (bicyclic) bond motifs is 1. The van der Waals surface area contributed by atoms with Crippen molar-refractivity contribution in [3.63, 3.8) is 0 Å². The van der Waals surface area contributed by atoms with Gasteiger partial charge in [-0.1, -0.05) is 0 Å². The molecule has 1 N–H and O–H groups in total. The van der Waals surface area contributed by atoms with Crippen molar-refractivity contribution in [1.29, 1.82) is 0 Å². The summed E-state index contributed by atoms with van der Waals surface area (Å²) in [5, 5.41) is 7.89. The Bertz CT molecular complexity index is 1270. The molecule has 2 amide bonds. The molecular formula is C24H24N6O3. The highest BCUT2D eigenvalue weighted by Gasteiger charge is 2.29. The summed E-state index contributed by atoms with van der Waals surface area (Å²) in [5.41, 5.74) is 2.62. The van der Waals surface area contributed by atoms with Crippen LogP contribution in [0.15, 0.2) is 59.6 Å². The van der Waals surface area contributed by atoms with Crippen molar-refractivity contribution in [1.82, 2.24) is 30.0 Å². The minimum atomic E-state index is -0.0829. The Morgan fingerprint density at radius 2 is 2.03 bits per heavy atom. The molecule has 0 radical (unpaired) electrons. The zero-order valence-electron chi connectivity index (χ0n) is 18.3. The standard InChI is InChI=1S/C24H24N6O3/c1-25-23(31)16-6-9-29(10-7-16)24(32)19-12-21(17-4-2-8-26-13-17)28-22-20(19)14-27-30(22)15-18-5-3-11-33-18/h2-5,8,11-14,16H,6-7,9-10,15H2,1H3,(H,25,31). The molecule has 0 saturated carbocycles. The zero-order valence-corrected chi connectivity index (χ0v) is 18.3. The van der Waals surface area contributed by atoms with Crippen LogP contribution in [0.25, 0.3) is 22.3 Å². The number of furan rings is 1. The normalized spacial score (nSPS) is 14.5. The van der Waals surface area contributed by atoms with Gasteiger partial charge in [0.05, 0.1) is 29.1 Å². The van der Waals surface area contributed by atoms with E-state index in [0.717, 1.165) is 11.3 Å². The fourth-order valence-corrected chi connectivity index (χ4v) is 4.27. The van der Waals surface area contributed by atoms with Gasteiger partial charge in [-0.15, -0.1) is 0 Å². The predicted octanol–water partition coefficient (Wildman–Crippen LogP) is 2.73. The van der Waals surface area contributed by atoms with E-state index in [2.05, 4.69) is 15.4 Å². The summed E-state index contributed by atoms with van der Waals surface area (Å²) in [6, 6.07) is 9.27. The van der Waals surface area contributed by atoms with Crippen LogP contribution in [0.3, 0.4) is 0 Å². The van der Waals surface area contributed by atoms with Crippen LogP contribution in [0.4, 0.5) is 0 Å². The van der Waals surface area contributed by atoms with E-state index in [4.69, 9.17) is 9.40 Å². The van der Waals surface area contributed by atoms with Crippen LogP contribution in [0.2, 0.25) is 0 Å². The molecule has 33 heavy (non-hydrogen) atoms. The van der Waals surface area contributed by atoms with Gasteiger partial charge < -0.3 is 14.6 Å². The van der Waals surface area contributed by atoms with Gasteiger partial charge in [0.25, 0.3) is 5.91 Å². The van der Waals surface area contributed by atoms with Crippen LogP contribution in [0.1, 0.15) is 29.0 Å². The predicted molar refractivity (Wildman–Crippen MR) is 121 cm³/mol. The fraction of sp³-hybridized carbons (Fsp3) is 0.292. The second-order valence-corrected chi connectivity index (χ2v) is 8.10. The van der Waals surface area contributed by atoms with Crippen molar-refractivity contribution in [2.24, 2.45) is 5.92 Å². The summed E-state index contributed by atoms with van der Waals surface area (Å²) < 4.78 is 7.21. The number of carbonyl (C=O) groups excluding carboxylic acids is 2. The van der Waals surface area contributed by atoms with Crippen LogP contribution in [0.5, 0.6) is 0 Å². The topological polar surface area (TPSA) is 106 Å². The molecule has 1 saturated heterocycles. The summed E-state index contributed by atoms with van der Waals surface area (Å²) in [4.78, 5) is 36.4. The van der Waals surface area contributed by atoms with Crippen molar-refractivity contribution >= 4 is 22.8 Å². The van der Waals surface area contributed by atoms with Crippen LogP contribution >= 0.6 is 0 Å². The molecule has 0 unspecified atom stereocenters. The molecule has 0 spiro atoms. The van der Waals surface area contributed by atoms with E-state index in [0.29, 0.717) is 54.8 Å². The molecule has 168 valence electrons. The van der Waals surface area contributed by atoms with Crippen LogP contribution in [-0.2, 0) is 11.3 Å². The lowest BCUT2D eigenvalue weighted by Crippen LogP contribution is -2.42. The first-order valence-electron chi connectivity index (χ1n) is 10.9. The molecule has 9 nitrogen and oxygen atoms in total. The molecule has 1 aliphatic heterocycles. The molecule has 1 aliphatic rings. The van der Waals surface area contributed by atoms with Crippen LogP contribution in [-0.4, -0.2) is 56.6 Å². The van der Waals surface area contributed by atoms with Crippen LogP contribution in [0, 0.1) is 5.92 Å². The largest absolute Gasteiger partial charge is 0.467 e. The van der Waals surface area contributed by atoms with Crippen molar-refractivity contribution in [2.45, 2.75) is 19.4 Å². The van der Waals surface area contributed by atoms with Gasteiger partial charge in [-0.25, -0.2) is 9.67 Å². The Hall–Kier alpha value is -4.01. The molecule has 5 heterocycles. The lowest BCUT2D eigenvalue weighted by molar-refractivity contribution is -0.125. The Labute approximate surface area is 190 Å². The number of amides is 2. The first-order chi connectivity index (χ1) is 16.1. The summed E-state index contributed by atoms with van der Waals surface area (Å²) in [6.45, 7) is 1.47. The maximum atomic E-state index is 13.6. The summed E-state index contributed by atoms with van der Waals surface area (Å²) in [5.74, 6) is 0.642. The summed E-state index contributed by atoms with van der Waals surface area (Å²) in [7, 11) is 1.65. The number of pyridine rings is 2. The molecular weight excluding hydrogens is 420 g/mol. The second-order valence-electron chi connectivity index (χ2n) is 8.10. The van der Waals surface area contributed by atoms with E-state index in [1.807, 2.05) is 35.2 Å². The number of hydrogen-bond donors (Lipinski definition) is 1. The monoisotopic (exact) mass is 444 g/mol. The number of hydrogen-bond acceptors (Lipinski definition) is 6. The number of nitrogens with one attached hydrogen (secondary N) is 1. The molecule has 0 atom stereocenters. The smallest absolute Gasteiger partial charge is 0.254 e. The number of carbonyl (C=O) groups is 2. The third-order valence-electron chi connectivity index (χ3n) is 6.08. The highest BCUT2D eigenvalue weighted by molar-refractivity contribution is 6.06. The van der Waals surface area contributed by atoms with Crippen molar-refractivity contribution in [3.05, 3.63) is 66.5 Å². The summed E-state index contributed by atoms with van der Waals surface area (Å²) >= 11 is 0. The second kappa shape index (κ2) is 8.85. The van der Waals surface area contributed by atoms with E-state index in [-0.39, 0.29) is 17.7 Å². The minimum Gasteiger partial charge on any atom is -0.467 e. The average Bonchev–Trinajstić information content (AvgIpc) is 3.54. The number of rotatable bonds is 5. The average molecular weight is 444 g/mol. The van der Waals surface area contributed by atoms with Crippen molar-refractivity contribution in [3.8, 4) is 11.3 Å². The zero-order chi connectivity index (χ0) is 22.8. The van der Waals surface area contributed by atoms with E-state index in [9.17, 15) is 9.59 Å². The molecule has 0 aliphatic carbocycles. The number of nitrogens with zero attached hydrogens (tertiary/aromatic N) is 5. The van der Waals surface area contributed by atoms with Crippen molar-refractivity contribution in [2.75, 3.05) is 20.1 Å². The number of piperidine rings is 1. The lowest BCUT2D eigenvalue weighted by atomic mass is 9.95. The third kappa shape index (κ3) is 4.09. The molecule has 5 rings (SSSR count). The van der Waals surface area contributed by atoms with Gasteiger partial charge in [0.2, 0.25) is 5.91 Å². The fourth-order valence-electron chi connectivity index (χ4n) is 4.27. The number of aromatic nitrogens is 4. The maximum absolute atomic E-state index is 13.6. The molecule has 1 fully saturated rings. The van der Waals surface area contributed by atoms with Gasteiger partial charge in [-0.2, -0.15) is 5.10 Å². The van der Waals surface area contributed by atoms with Crippen LogP contribution < -0.4 is 5.32 Å². The first kappa shape index (κ1) is 20.9. The third-order valence-corrected chi connectivity index (χ3v) is 6.08. The molecule has 4 aromatic heterocycles. The highest BCUT2D eigenvalue weighted by atomic mass is 16.3. The van der Waals surface area contributed by atoms with Gasteiger partial charge in [0, 0.05) is 44.0 Å². The van der Waals surface area contributed by atoms with Gasteiger partial charge >= 0.3 is 0 Å². The molecule has 9 heteroatoms. The van der Waals surface area contributed by atoms with E-state index >= 15 is 0 Å². The van der Waals surface area contributed by atoms with Gasteiger partial charge in [-0.05, 0) is 43.2 Å². The van der Waals surface area contributed by atoms with E-state index in [1.165, 1.54) is 0 Å². The summed E-state index contributed by atoms with van der Waals surface area (Å²) in [6.07, 6.45) is 8.02. The Kier molecular flexibility index (Phi) is 5.60. The Morgan fingerprint density at radius 3 is 2.73 bits per heavy atom. The van der Waals surface area contributed by atoms with Gasteiger partial charge in [-0.3, -0.25) is 14.6 Å². The molecule has 4 aromatic rings. The Balaban J connectivity index is 1.52. The minimum absolute atomic E-state index is 0.0338. The maximum Gasteiger partial charge on any atom is 0.254 e. The van der Waals surface area contributed by atoms with E-state index < -0.39 is 0 Å². The van der Waals surface area contributed by atoms with Crippen molar-refractivity contribution < 1.29 is 14.0 Å². The molecule has 0 bridgehead atoms. The first-order valence-corrected chi connectivity index (χ1v) is 10.9. The Morgan fingerprint density at radius 1 is 1.18 bits per heavy atom. The number of likely N-dealkylation sites (tertiary alicyclic amines) is 1. The van der Waals surface area contributed by atoms with Gasteiger partial charge in [0.15, 0.2) is 5.65 Å².